The van der Waals surface area contributed by atoms with E-state index in [9.17, 15) is 18.4 Å². The second-order valence-electron chi connectivity index (χ2n) is 12.8. The number of amides is 1. The molecule has 0 bridgehead atoms. The van der Waals surface area contributed by atoms with Crippen molar-refractivity contribution in [3.63, 3.8) is 0 Å². The van der Waals surface area contributed by atoms with Crippen molar-refractivity contribution in [2.75, 3.05) is 16.8 Å². The van der Waals surface area contributed by atoms with E-state index in [2.05, 4.69) is 15.4 Å². The van der Waals surface area contributed by atoms with Crippen molar-refractivity contribution in [3.8, 4) is 11.1 Å². The quantitative estimate of drug-likeness (QED) is 0.173. The molecule has 0 unspecified atom stereocenters. The van der Waals surface area contributed by atoms with Crippen LogP contribution in [0.4, 0.5) is 19.7 Å². The molecule has 9 nitrogen and oxygen atoms in total. The predicted molar refractivity (Wildman–Crippen MR) is 185 cm³/mol. The number of rotatable bonds is 7. The fourth-order valence-electron chi connectivity index (χ4n) is 5.83. The Morgan fingerprint density at radius 1 is 0.980 bits per heavy atom. The number of nitrogens with one attached hydrogen (secondary N) is 1. The molecule has 3 aromatic heterocycles. The zero-order valence-electron chi connectivity index (χ0n) is 27.0. The van der Waals surface area contributed by atoms with Crippen LogP contribution >= 0.6 is 11.3 Å². The average Bonchev–Trinajstić information content (AvgIpc) is 3.70. The Bertz CT molecular complexity index is 2170. The maximum Gasteiger partial charge on any atom is 0.358 e. The van der Waals surface area contributed by atoms with E-state index in [1.807, 2.05) is 91.1 Å². The van der Waals surface area contributed by atoms with E-state index < -0.39 is 23.2 Å². The molecular formula is C37H32F2N6O3S. The molecule has 0 radical (unpaired) electrons. The predicted octanol–water partition coefficient (Wildman–Crippen LogP) is 7.65. The molecular weight excluding hydrogens is 647 g/mol. The number of carbonyl (C=O) groups is 2. The first-order chi connectivity index (χ1) is 23.5. The normalized spacial score (nSPS) is 13.0. The minimum Gasteiger partial charge on any atom is -0.455 e. The van der Waals surface area contributed by atoms with Crippen molar-refractivity contribution in [3.05, 3.63) is 125 Å². The minimum absolute atomic E-state index is 0.173. The number of hydrogen-bond acceptors (Lipinski definition) is 8. The number of anilines is 2. The average molecular weight is 679 g/mol. The number of hydrogen-bond donors (Lipinski definition) is 1. The molecule has 1 N–H and O–H groups in total. The lowest BCUT2D eigenvalue weighted by atomic mass is 9.94. The lowest BCUT2D eigenvalue weighted by molar-refractivity contribution is 0.00638. The van der Waals surface area contributed by atoms with E-state index in [0.29, 0.717) is 47.7 Å². The molecule has 49 heavy (non-hydrogen) atoms. The topological polar surface area (TPSA) is 102 Å². The lowest BCUT2D eigenvalue weighted by Crippen LogP contribution is -2.33. The van der Waals surface area contributed by atoms with E-state index in [-0.39, 0.29) is 22.2 Å². The molecule has 1 aliphatic heterocycles. The molecule has 0 atom stereocenters. The molecule has 0 saturated heterocycles. The van der Waals surface area contributed by atoms with Gasteiger partial charge in [-0.05, 0) is 68.1 Å². The zero-order valence-corrected chi connectivity index (χ0v) is 27.9. The molecule has 1 amide bonds. The van der Waals surface area contributed by atoms with Gasteiger partial charge in [-0.2, -0.15) is 5.10 Å². The van der Waals surface area contributed by atoms with Gasteiger partial charge in [0.1, 0.15) is 11.4 Å². The van der Waals surface area contributed by atoms with Gasteiger partial charge in [0.05, 0.1) is 23.0 Å². The summed E-state index contributed by atoms with van der Waals surface area (Å²) in [4.78, 5) is 38.3. The van der Waals surface area contributed by atoms with Crippen molar-refractivity contribution >= 4 is 44.4 Å². The molecule has 1 aliphatic rings. The highest BCUT2D eigenvalue weighted by atomic mass is 32.1. The van der Waals surface area contributed by atoms with Gasteiger partial charge in [-0.1, -0.05) is 53.8 Å². The number of esters is 1. The fraction of sp³-hybridized carbons (Fsp3) is 0.216. The summed E-state index contributed by atoms with van der Waals surface area (Å²) in [5.74, 6) is -2.34. The minimum atomic E-state index is -0.998. The monoisotopic (exact) mass is 678 g/mol. The molecule has 6 aromatic rings. The molecule has 0 fully saturated rings. The van der Waals surface area contributed by atoms with Gasteiger partial charge >= 0.3 is 5.97 Å². The molecule has 248 valence electrons. The van der Waals surface area contributed by atoms with Gasteiger partial charge in [-0.3, -0.25) is 14.8 Å². The number of benzene rings is 3. The van der Waals surface area contributed by atoms with Crippen LogP contribution in [0.5, 0.6) is 0 Å². The van der Waals surface area contributed by atoms with E-state index in [1.165, 1.54) is 0 Å². The molecule has 0 aliphatic carbocycles. The number of halogens is 2. The van der Waals surface area contributed by atoms with Gasteiger partial charge in [0.15, 0.2) is 22.5 Å². The molecule has 3 aromatic carbocycles. The summed E-state index contributed by atoms with van der Waals surface area (Å²) in [6, 6.07) is 21.3. The Labute approximate surface area is 285 Å². The maximum atomic E-state index is 13.8. The Kier molecular flexibility index (Phi) is 8.41. The van der Waals surface area contributed by atoms with E-state index in [4.69, 9.17) is 9.72 Å². The molecule has 0 spiro atoms. The highest BCUT2D eigenvalue weighted by Gasteiger charge is 2.27. The van der Waals surface area contributed by atoms with Crippen LogP contribution < -0.4 is 10.2 Å². The standard InChI is InChI=1S/C37H32F2N6O3S/c1-37(2,3)48-35(47)33-25(24-18-40-45(20-24)19-22-8-5-4-6-9-22)12-13-32(42-33)44-15-14-23-10-7-11-26(27(23)21-44)34(46)43-36-41-30-16-28(38)29(39)17-31(30)49-36/h4-13,16-18,20H,14-15,19,21H2,1-3H3,(H,41,43,46). The number of thiazole rings is 1. The van der Waals surface area contributed by atoms with Crippen LogP contribution in [0.3, 0.4) is 0 Å². The number of nitrogens with zero attached hydrogens (tertiary/aromatic N) is 5. The fourth-order valence-corrected chi connectivity index (χ4v) is 6.70. The smallest absolute Gasteiger partial charge is 0.358 e. The van der Waals surface area contributed by atoms with Gasteiger partial charge in [-0.15, -0.1) is 0 Å². The summed E-state index contributed by atoms with van der Waals surface area (Å²) in [5.41, 5.74) is 4.43. The van der Waals surface area contributed by atoms with Crippen LogP contribution in [0.25, 0.3) is 21.3 Å². The van der Waals surface area contributed by atoms with Gasteiger partial charge in [0.2, 0.25) is 0 Å². The summed E-state index contributed by atoms with van der Waals surface area (Å²) in [7, 11) is 0. The van der Waals surface area contributed by atoms with Crippen LogP contribution in [0, 0.1) is 11.6 Å². The number of pyridine rings is 1. The highest BCUT2D eigenvalue weighted by Crippen LogP contribution is 2.32. The summed E-state index contributed by atoms with van der Waals surface area (Å²) in [6.07, 6.45) is 4.25. The van der Waals surface area contributed by atoms with Crippen LogP contribution in [0.2, 0.25) is 0 Å². The van der Waals surface area contributed by atoms with Crippen molar-refractivity contribution in [2.24, 2.45) is 0 Å². The van der Waals surface area contributed by atoms with Crippen LogP contribution in [-0.2, 0) is 24.2 Å². The maximum absolute atomic E-state index is 13.8. The number of fused-ring (bicyclic) bond motifs is 2. The SMILES string of the molecule is CC(C)(C)OC(=O)c1nc(N2CCc3cccc(C(=O)Nc4nc5cc(F)c(F)cc5s4)c3C2)ccc1-c1cnn(Cc2ccccc2)c1. The third kappa shape index (κ3) is 6.91. The number of ether oxygens (including phenoxy) is 1. The second-order valence-corrected chi connectivity index (χ2v) is 13.8. The number of aromatic nitrogens is 4. The van der Waals surface area contributed by atoms with Gasteiger partial charge in [-0.25, -0.2) is 23.5 Å². The summed E-state index contributed by atoms with van der Waals surface area (Å²) in [5, 5.41) is 7.57. The zero-order chi connectivity index (χ0) is 34.3. The largest absolute Gasteiger partial charge is 0.455 e. The molecule has 7 rings (SSSR count). The molecule has 4 heterocycles. The Balaban J connectivity index is 1.17. The summed E-state index contributed by atoms with van der Waals surface area (Å²) in [6.45, 7) is 6.99. The van der Waals surface area contributed by atoms with Crippen LogP contribution in [-0.4, -0.2) is 43.8 Å². The third-order valence-electron chi connectivity index (χ3n) is 8.10. The number of carbonyl (C=O) groups excluding carboxylic acids is 2. The van der Waals surface area contributed by atoms with E-state index in [0.717, 1.165) is 45.7 Å². The first-order valence-corrected chi connectivity index (χ1v) is 16.6. The van der Waals surface area contributed by atoms with E-state index >= 15 is 0 Å². The van der Waals surface area contributed by atoms with Crippen LogP contribution in [0.15, 0.2) is 85.2 Å². The Morgan fingerprint density at radius 2 is 1.78 bits per heavy atom. The van der Waals surface area contributed by atoms with Crippen molar-refractivity contribution in [1.29, 1.82) is 0 Å². The Morgan fingerprint density at radius 3 is 2.57 bits per heavy atom. The second kappa shape index (κ2) is 12.8. The van der Waals surface area contributed by atoms with E-state index in [1.54, 1.807) is 12.3 Å². The Hall–Kier alpha value is -5.49. The molecule has 12 heteroatoms. The summed E-state index contributed by atoms with van der Waals surface area (Å²) < 4.78 is 35.5. The van der Waals surface area contributed by atoms with Gasteiger partial charge < -0.3 is 9.64 Å². The lowest BCUT2D eigenvalue weighted by Gasteiger charge is -2.31. The van der Waals surface area contributed by atoms with Gasteiger partial charge in [0, 0.05) is 42.0 Å². The van der Waals surface area contributed by atoms with Crippen molar-refractivity contribution < 1.29 is 23.1 Å². The highest BCUT2D eigenvalue weighted by molar-refractivity contribution is 7.22. The van der Waals surface area contributed by atoms with Crippen LogP contribution in [0.1, 0.15) is 58.3 Å². The first kappa shape index (κ1) is 32.1. The third-order valence-corrected chi connectivity index (χ3v) is 9.03. The summed E-state index contributed by atoms with van der Waals surface area (Å²) >= 11 is 1.07. The molecule has 0 saturated carbocycles. The van der Waals surface area contributed by atoms with Gasteiger partial charge in [0.25, 0.3) is 5.91 Å². The van der Waals surface area contributed by atoms with Crippen molar-refractivity contribution in [2.45, 2.75) is 45.9 Å². The first-order valence-electron chi connectivity index (χ1n) is 15.7. The van der Waals surface area contributed by atoms with Crippen molar-refractivity contribution in [1.82, 2.24) is 19.7 Å².